The fourth-order valence-corrected chi connectivity index (χ4v) is 5.63. The van der Waals surface area contributed by atoms with E-state index >= 15 is 4.39 Å². The molecule has 3 heterocycles. The number of nitrogens with one attached hydrogen (secondary N) is 3. The third-order valence-corrected chi connectivity index (χ3v) is 7.95. The number of nitrogens with zero attached hydrogens (tertiary/aromatic N) is 3. The summed E-state index contributed by atoms with van der Waals surface area (Å²) in [6.07, 6.45) is 1.62. The van der Waals surface area contributed by atoms with Crippen molar-refractivity contribution >= 4 is 38.3 Å². The fourth-order valence-electron chi connectivity index (χ4n) is 4.50. The zero-order chi connectivity index (χ0) is 28.3. The summed E-state index contributed by atoms with van der Waals surface area (Å²) in [6, 6.07) is 11.4. The van der Waals surface area contributed by atoms with Gasteiger partial charge in [-0.15, -0.1) is 0 Å². The van der Waals surface area contributed by atoms with Crippen molar-refractivity contribution in [2.24, 2.45) is 0 Å². The molecule has 13 heteroatoms. The van der Waals surface area contributed by atoms with Gasteiger partial charge >= 0.3 is 0 Å². The lowest BCUT2D eigenvalue weighted by atomic mass is 10.1. The maximum absolute atomic E-state index is 15.1. The van der Waals surface area contributed by atoms with Crippen LogP contribution in [-0.4, -0.2) is 66.5 Å². The standard InChI is InChI=1S/C27H28F2N6O4S/c1-2-13-40(37,38)34-22-8-7-21(28)23(24(22)29)27(36)31-19-14-20-25(32-33-26(20)30-15-19)18-5-3-17(4-6-18)16-35-9-11-39-12-10-35/h3-8,14-15,34H,2,9-13,16H2,1H3,(H,31,36)(H,30,32,33). The second-order valence-electron chi connectivity index (χ2n) is 9.44. The number of pyridine rings is 1. The predicted octanol–water partition coefficient (Wildman–Crippen LogP) is 4.14. The molecule has 3 N–H and O–H groups in total. The topological polar surface area (TPSA) is 129 Å². The van der Waals surface area contributed by atoms with E-state index in [1.807, 2.05) is 24.3 Å². The number of morpholine rings is 1. The summed E-state index contributed by atoms with van der Waals surface area (Å²) in [5, 5.41) is 10.2. The van der Waals surface area contributed by atoms with Gasteiger partial charge in [0.15, 0.2) is 11.5 Å². The molecule has 0 atom stereocenters. The molecular weight excluding hydrogens is 542 g/mol. The molecule has 0 radical (unpaired) electrons. The van der Waals surface area contributed by atoms with E-state index in [0.29, 0.717) is 23.1 Å². The van der Waals surface area contributed by atoms with E-state index in [1.165, 1.54) is 6.20 Å². The molecule has 0 saturated carbocycles. The molecule has 5 rings (SSSR count). The van der Waals surface area contributed by atoms with Crippen molar-refractivity contribution in [1.29, 1.82) is 0 Å². The van der Waals surface area contributed by atoms with E-state index in [0.717, 1.165) is 56.1 Å². The zero-order valence-corrected chi connectivity index (χ0v) is 22.5. The molecule has 1 aliphatic heterocycles. The average Bonchev–Trinajstić information content (AvgIpc) is 3.35. The number of hydrogen-bond acceptors (Lipinski definition) is 7. The summed E-state index contributed by atoms with van der Waals surface area (Å²) < 4.78 is 61.2. The van der Waals surface area contributed by atoms with Crippen molar-refractivity contribution in [3.05, 3.63) is 71.4 Å². The second-order valence-corrected chi connectivity index (χ2v) is 11.3. The van der Waals surface area contributed by atoms with Crippen LogP contribution in [0.15, 0.2) is 48.7 Å². The number of aromatic nitrogens is 3. The largest absolute Gasteiger partial charge is 0.379 e. The fraction of sp³-hybridized carbons (Fsp3) is 0.296. The Labute approximate surface area is 229 Å². The number of aromatic amines is 1. The molecule has 210 valence electrons. The minimum atomic E-state index is -3.85. The predicted molar refractivity (Wildman–Crippen MR) is 147 cm³/mol. The van der Waals surface area contributed by atoms with Gasteiger partial charge in [-0.2, -0.15) is 5.10 Å². The first-order chi connectivity index (χ1) is 19.2. The van der Waals surface area contributed by atoms with Gasteiger partial charge in [-0.1, -0.05) is 31.2 Å². The molecular formula is C27H28F2N6O4S. The van der Waals surface area contributed by atoms with Crippen LogP contribution in [0.3, 0.4) is 0 Å². The number of carbonyl (C=O) groups excluding carboxylic acids is 1. The van der Waals surface area contributed by atoms with Gasteiger partial charge in [-0.25, -0.2) is 22.2 Å². The van der Waals surface area contributed by atoms with Gasteiger partial charge in [0.2, 0.25) is 10.0 Å². The third kappa shape index (κ3) is 6.11. The van der Waals surface area contributed by atoms with Crippen molar-refractivity contribution in [3.63, 3.8) is 0 Å². The van der Waals surface area contributed by atoms with Crippen LogP contribution in [0, 0.1) is 11.6 Å². The van der Waals surface area contributed by atoms with Gasteiger partial charge in [0, 0.05) is 30.6 Å². The number of sulfonamides is 1. The van der Waals surface area contributed by atoms with Crippen molar-refractivity contribution < 1.29 is 26.7 Å². The Balaban J connectivity index is 1.36. The molecule has 2 aromatic heterocycles. The van der Waals surface area contributed by atoms with Gasteiger partial charge in [0.1, 0.15) is 11.4 Å². The lowest BCUT2D eigenvalue weighted by Crippen LogP contribution is -2.35. The van der Waals surface area contributed by atoms with Gasteiger partial charge in [-0.3, -0.25) is 19.5 Å². The number of carbonyl (C=O) groups is 1. The highest BCUT2D eigenvalue weighted by Crippen LogP contribution is 2.29. The van der Waals surface area contributed by atoms with Crippen LogP contribution in [-0.2, 0) is 21.3 Å². The number of benzene rings is 2. The summed E-state index contributed by atoms with van der Waals surface area (Å²) in [5.41, 5.74) is 1.82. The quantitative estimate of drug-likeness (QED) is 0.276. The lowest BCUT2D eigenvalue weighted by molar-refractivity contribution is 0.0342. The van der Waals surface area contributed by atoms with Gasteiger partial charge < -0.3 is 10.1 Å². The van der Waals surface area contributed by atoms with Gasteiger partial charge in [0.05, 0.1) is 42.2 Å². The molecule has 1 aliphatic rings. The number of H-pyrrole nitrogens is 1. The van der Waals surface area contributed by atoms with E-state index in [9.17, 15) is 17.6 Å². The van der Waals surface area contributed by atoms with Crippen LogP contribution >= 0.6 is 0 Å². The molecule has 1 fully saturated rings. The maximum Gasteiger partial charge on any atom is 0.261 e. The second kappa shape index (κ2) is 11.7. The molecule has 1 saturated heterocycles. The maximum atomic E-state index is 15.1. The van der Waals surface area contributed by atoms with Crippen LogP contribution in [0.5, 0.6) is 0 Å². The number of rotatable bonds is 9. The van der Waals surface area contributed by atoms with Gasteiger partial charge in [0.25, 0.3) is 5.91 Å². The Hall–Kier alpha value is -3.94. The summed E-state index contributed by atoms with van der Waals surface area (Å²) in [7, 11) is -3.85. The minimum Gasteiger partial charge on any atom is -0.379 e. The van der Waals surface area contributed by atoms with Crippen molar-refractivity contribution in [2.45, 2.75) is 19.9 Å². The summed E-state index contributed by atoms with van der Waals surface area (Å²) in [6.45, 7) is 5.70. The van der Waals surface area contributed by atoms with Crippen LogP contribution in [0.2, 0.25) is 0 Å². The Morgan fingerprint density at radius 2 is 1.88 bits per heavy atom. The van der Waals surface area contributed by atoms with Crippen LogP contribution in [0.4, 0.5) is 20.2 Å². The number of hydrogen-bond donors (Lipinski definition) is 3. The Morgan fingerprint density at radius 3 is 2.60 bits per heavy atom. The van der Waals surface area contributed by atoms with E-state index in [1.54, 1.807) is 13.0 Å². The van der Waals surface area contributed by atoms with Crippen LogP contribution < -0.4 is 10.0 Å². The first-order valence-corrected chi connectivity index (χ1v) is 14.4. The number of fused-ring (bicyclic) bond motifs is 1. The first kappa shape index (κ1) is 27.6. The summed E-state index contributed by atoms with van der Waals surface area (Å²) >= 11 is 0. The average molecular weight is 571 g/mol. The molecule has 0 unspecified atom stereocenters. The highest BCUT2D eigenvalue weighted by Gasteiger charge is 2.23. The highest BCUT2D eigenvalue weighted by molar-refractivity contribution is 7.92. The smallest absolute Gasteiger partial charge is 0.261 e. The molecule has 10 nitrogen and oxygen atoms in total. The normalized spacial score (nSPS) is 14.4. The van der Waals surface area contributed by atoms with Crippen LogP contribution in [0.25, 0.3) is 22.3 Å². The van der Waals surface area contributed by atoms with Gasteiger partial charge in [-0.05, 0) is 30.2 Å². The number of ether oxygens (including phenoxy) is 1. The minimum absolute atomic E-state index is 0.180. The van der Waals surface area contributed by atoms with E-state index in [4.69, 9.17) is 4.74 Å². The third-order valence-electron chi connectivity index (χ3n) is 6.48. The molecule has 0 spiro atoms. The van der Waals surface area contributed by atoms with E-state index in [2.05, 4.69) is 30.1 Å². The zero-order valence-electron chi connectivity index (χ0n) is 21.7. The molecule has 0 bridgehead atoms. The molecule has 2 aromatic carbocycles. The van der Waals surface area contributed by atoms with Crippen LogP contribution in [0.1, 0.15) is 29.3 Å². The Morgan fingerprint density at radius 1 is 1.12 bits per heavy atom. The van der Waals surface area contributed by atoms with E-state index in [-0.39, 0.29) is 11.4 Å². The number of halogens is 2. The highest BCUT2D eigenvalue weighted by atomic mass is 32.2. The molecule has 0 aliphatic carbocycles. The lowest BCUT2D eigenvalue weighted by Gasteiger charge is -2.26. The summed E-state index contributed by atoms with van der Waals surface area (Å²) in [4.78, 5) is 19.5. The SMILES string of the molecule is CCCS(=O)(=O)Nc1ccc(F)c(C(=O)Nc2cnc3n[nH]c(-c4ccc(CN5CCOCC5)cc4)c3c2)c1F. The monoisotopic (exact) mass is 570 g/mol. The van der Waals surface area contributed by atoms with Crippen molar-refractivity contribution in [2.75, 3.05) is 42.1 Å². The van der Waals surface area contributed by atoms with E-state index < -0.39 is 38.8 Å². The number of anilines is 2. The Kier molecular flexibility index (Phi) is 8.05. The molecule has 40 heavy (non-hydrogen) atoms. The number of amides is 1. The Bertz CT molecular complexity index is 1640. The first-order valence-electron chi connectivity index (χ1n) is 12.8. The summed E-state index contributed by atoms with van der Waals surface area (Å²) in [5.74, 6) is -3.79. The molecule has 1 amide bonds. The van der Waals surface area contributed by atoms with Crippen molar-refractivity contribution in [3.8, 4) is 11.3 Å². The van der Waals surface area contributed by atoms with Crippen molar-refractivity contribution in [1.82, 2.24) is 20.1 Å². The molecule has 4 aromatic rings.